The van der Waals surface area contributed by atoms with Crippen molar-refractivity contribution in [3.8, 4) is 5.75 Å². The zero-order valence-corrected chi connectivity index (χ0v) is 17.3. The molecule has 1 aliphatic heterocycles. The minimum absolute atomic E-state index is 0.563. The minimum atomic E-state index is 0.563. The molecule has 29 heavy (non-hydrogen) atoms. The first-order valence-corrected chi connectivity index (χ1v) is 10.1. The van der Waals surface area contributed by atoms with E-state index in [-0.39, 0.29) is 0 Å². The van der Waals surface area contributed by atoms with Gasteiger partial charge in [-0.1, -0.05) is 12.1 Å². The Balaban J connectivity index is 1.49. The fourth-order valence-corrected chi connectivity index (χ4v) is 3.01. The van der Waals surface area contributed by atoms with Gasteiger partial charge in [-0.2, -0.15) is 5.10 Å². The van der Waals surface area contributed by atoms with Gasteiger partial charge in [-0.25, -0.2) is 9.98 Å². The first kappa shape index (κ1) is 21.1. The van der Waals surface area contributed by atoms with Crippen LogP contribution in [0.4, 0.5) is 0 Å². The van der Waals surface area contributed by atoms with E-state index in [9.17, 15) is 0 Å². The third-order valence-corrected chi connectivity index (χ3v) is 4.66. The van der Waals surface area contributed by atoms with Crippen molar-refractivity contribution >= 4 is 5.96 Å². The molecule has 0 aliphatic carbocycles. The van der Waals surface area contributed by atoms with Crippen molar-refractivity contribution in [3.63, 3.8) is 0 Å². The molecule has 3 rings (SSSR count). The van der Waals surface area contributed by atoms with E-state index >= 15 is 0 Å². The first-order valence-electron chi connectivity index (χ1n) is 10.1. The molecule has 0 unspecified atom stereocenters. The molecule has 1 aliphatic rings. The van der Waals surface area contributed by atoms with Crippen LogP contribution < -0.4 is 15.4 Å². The number of hydrogen-bond donors (Lipinski definition) is 2. The second-order valence-corrected chi connectivity index (χ2v) is 6.80. The molecule has 158 valence electrons. The quantitative estimate of drug-likeness (QED) is 0.474. The lowest BCUT2D eigenvalue weighted by Crippen LogP contribution is -2.38. The first-order chi connectivity index (χ1) is 14.2. The normalized spacial score (nSPS) is 15.3. The van der Waals surface area contributed by atoms with Crippen LogP contribution >= 0.6 is 0 Å². The van der Waals surface area contributed by atoms with Crippen LogP contribution in [-0.2, 0) is 24.9 Å². The zero-order chi connectivity index (χ0) is 20.3. The summed E-state index contributed by atoms with van der Waals surface area (Å²) in [6.07, 6.45) is 1.55. The SMILES string of the molecule is CCNC(=NCc1cccc(OCCN2CCOCC2)c1)NCc1ncnn1C. The number of hydrogen-bond acceptors (Lipinski definition) is 6. The van der Waals surface area contributed by atoms with Gasteiger partial charge in [-0.05, 0) is 24.6 Å². The van der Waals surface area contributed by atoms with Crippen molar-refractivity contribution in [2.45, 2.75) is 20.0 Å². The van der Waals surface area contributed by atoms with Gasteiger partial charge in [-0.3, -0.25) is 9.58 Å². The molecular formula is C20H31N7O2. The number of ether oxygens (including phenoxy) is 2. The molecule has 0 radical (unpaired) electrons. The zero-order valence-electron chi connectivity index (χ0n) is 17.3. The molecule has 9 heteroatoms. The number of guanidine groups is 1. The smallest absolute Gasteiger partial charge is 0.191 e. The lowest BCUT2D eigenvalue weighted by molar-refractivity contribution is 0.0322. The Hall–Kier alpha value is -2.65. The van der Waals surface area contributed by atoms with Crippen molar-refractivity contribution in [1.82, 2.24) is 30.3 Å². The molecule has 0 spiro atoms. The van der Waals surface area contributed by atoms with E-state index in [2.05, 4.69) is 42.7 Å². The lowest BCUT2D eigenvalue weighted by Gasteiger charge is -2.26. The van der Waals surface area contributed by atoms with Crippen LogP contribution in [0.25, 0.3) is 0 Å². The van der Waals surface area contributed by atoms with Crippen LogP contribution in [0.2, 0.25) is 0 Å². The molecule has 1 fully saturated rings. The number of rotatable bonds is 9. The Kier molecular flexibility index (Phi) is 8.26. The molecule has 2 heterocycles. The van der Waals surface area contributed by atoms with E-state index in [4.69, 9.17) is 9.47 Å². The highest BCUT2D eigenvalue weighted by Gasteiger charge is 2.10. The van der Waals surface area contributed by atoms with Gasteiger partial charge in [0.25, 0.3) is 0 Å². The second kappa shape index (κ2) is 11.4. The number of aromatic nitrogens is 3. The van der Waals surface area contributed by atoms with Crippen molar-refractivity contribution in [1.29, 1.82) is 0 Å². The van der Waals surface area contributed by atoms with Crippen LogP contribution in [-0.4, -0.2) is 71.6 Å². The molecule has 0 atom stereocenters. The maximum atomic E-state index is 5.93. The number of morpholine rings is 1. The van der Waals surface area contributed by atoms with Crippen molar-refractivity contribution in [2.75, 3.05) is 46.0 Å². The highest BCUT2D eigenvalue weighted by atomic mass is 16.5. The summed E-state index contributed by atoms with van der Waals surface area (Å²) >= 11 is 0. The molecule has 0 saturated carbocycles. The van der Waals surface area contributed by atoms with E-state index in [1.165, 1.54) is 0 Å². The van der Waals surface area contributed by atoms with Crippen LogP contribution in [0.1, 0.15) is 18.3 Å². The summed E-state index contributed by atoms with van der Waals surface area (Å²) in [5.41, 5.74) is 1.10. The monoisotopic (exact) mass is 401 g/mol. The van der Waals surface area contributed by atoms with Gasteiger partial charge in [0.1, 0.15) is 24.5 Å². The van der Waals surface area contributed by atoms with E-state index in [1.54, 1.807) is 11.0 Å². The Morgan fingerprint density at radius 3 is 2.90 bits per heavy atom. The number of nitrogens with zero attached hydrogens (tertiary/aromatic N) is 5. The van der Waals surface area contributed by atoms with Gasteiger partial charge in [0.05, 0.1) is 26.3 Å². The highest BCUT2D eigenvalue weighted by molar-refractivity contribution is 5.79. The summed E-state index contributed by atoms with van der Waals surface area (Å²) in [6, 6.07) is 8.11. The van der Waals surface area contributed by atoms with Crippen molar-refractivity contribution in [2.24, 2.45) is 12.0 Å². The summed E-state index contributed by atoms with van der Waals surface area (Å²) < 4.78 is 13.1. The average Bonchev–Trinajstić information content (AvgIpc) is 3.16. The van der Waals surface area contributed by atoms with Crippen molar-refractivity contribution in [3.05, 3.63) is 42.0 Å². The fraction of sp³-hybridized carbons (Fsp3) is 0.550. The Morgan fingerprint density at radius 2 is 2.14 bits per heavy atom. The molecular weight excluding hydrogens is 370 g/mol. The summed E-state index contributed by atoms with van der Waals surface area (Å²) in [5.74, 6) is 2.48. The highest BCUT2D eigenvalue weighted by Crippen LogP contribution is 2.14. The molecule has 1 aromatic heterocycles. The molecule has 2 N–H and O–H groups in total. The van der Waals surface area contributed by atoms with E-state index in [0.717, 1.165) is 62.5 Å². The number of nitrogens with one attached hydrogen (secondary N) is 2. The van der Waals surface area contributed by atoms with Gasteiger partial charge >= 0.3 is 0 Å². The van der Waals surface area contributed by atoms with Gasteiger partial charge in [0, 0.05) is 33.2 Å². The van der Waals surface area contributed by atoms with Crippen LogP contribution in [0, 0.1) is 0 Å². The van der Waals surface area contributed by atoms with Crippen LogP contribution in [0.3, 0.4) is 0 Å². The summed E-state index contributed by atoms with van der Waals surface area (Å²) in [5, 5.41) is 10.6. The standard InChI is InChI=1S/C20H31N7O2/c1-3-21-20(23-15-19-24-16-25-26(19)2)22-14-17-5-4-6-18(13-17)29-12-9-27-7-10-28-11-8-27/h4-6,13,16H,3,7-12,14-15H2,1-2H3,(H2,21,22,23). The Bertz CT molecular complexity index is 772. The largest absolute Gasteiger partial charge is 0.492 e. The molecule has 0 amide bonds. The van der Waals surface area contributed by atoms with Crippen molar-refractivity contribution < 1.29 is 9.47 Å². The summed E-state index contributed by atoms with van der Waals surface area (Å²) in [6.45, 7) is 9.13. The maximum absolute atomic E-state index is 5.93. The van der Waals surface area contributed by atoms with E-state index < -0.39 is 0 Å². The third kappa shape index (κ3) is 7.03. The fourth-order valence-electron chi connectivity index (χ4n) is 3.01. The predicted molar refractivity (Wildman–Crippen MR) is 112 cm³/mol. The van der Waals surface area contributed by atoms with Gasteiger partial charge in [-0.15, -0.1) is 0 Å². The molecule has 2 aromatic rings. The Morgan fingerprint density at radius 1 is 1.28 bits per heavy atom. The summed E-state index contributed by atoms with van der Waals surface area (Å²) in [4.78, 5) is 11.3. The molecule has 9 nitrogen and oxygen atoms in total. The molecule has 1 aromatic carbocycles. The molecule has 0 bridgehead atoms. The van der Waals surface area contributed by atoms with Gasteiger partial charge in [0.2, 0.25) is 0 Å². The second-order valence-electron chi connectivity index (χ2n) is 6.80. The van der Waals surface area contributed by atoms with Crippen LogP contribution in [0.5, 0.6) is 5.75 Å². The minimum Gasteiger partial charge on any atom is -0.492 e. The van der Waals surface area contributed by atoms with Gasteiger partial charge in [0.15, 0.2) is 5.96 Å². The lowest BCUT2D eigenvalue weighted by atomic mass is 10.2. The van der Waals surface area contributed by atoms with Gasteiger partial charge < -0.3 is 20.1 Å². The topological polar surface area (TPSA) is 88.8 Å². The van der Waals surface area contributed by atoms with E-state index in [1.807, 2.05) is 26.1 Å². The predicted octanol–water partition coefficient (Wildman–Crippen LogP) is 0.781. The average molecular weight is 402 g/mol. The van der Waals surface area contributed by atoms with Crippen LogP contribution in [0.15, 0.2) is 35.6 Å². The number of aliphatic imine (C=N–C) groups is 1. The number of benzene rings is 1. The summed E-state index contributed by atoms with van der Waals surface area (Å²) in [7, 11) is 1.87. The maximum Gasteiger partial charge on any atom is 0.191 e. The molecule has 1 saturated heterocycles. The Labute approximate surface area is 172 Å². The van der Waals surface area contributed by atoms with E-state index in [0.29, 0.717) is 19.7 Å². The number of aryl methyl sites for hydroxylation is 1. The third-order valence-electron chi connectivity index (χ3n) is 4.66.